The number of para-hydroxylation sites is 1. The van der Waals surface area contributed by atoms with Crippen molar-refractivity contribution in [2.45, 2.75) is 64.1 Å². The van der Waals surface area contributed by atoms with E-state index in [9.17, 15) is 0 Å². The number of benzene rings is 2. The molecule has 0 bridgehead atoms. The third-order valence-corrected chi connectivity index (χ3v) is 6.31. The van der Waals surface area contributed by atoms with Gasteiger partial charge in [-0.1, -0.05) is 50.2 Å². The van der Waals surface area contributed by atoms with Gasteiger partial charge in [-0.25, -0.2) is 4.98 Å². The van der Waals surface area contributed by atoms with E-state index in [2.05, 4.69) is 65.8 Å². The number of aromatic nitrogens is 2. The predicted molar refractivity (Wildman–Crippen MR) is 131 cm³/mol. The van der Waals surface area contributed by atoms with E-state index in [0.717, 1.165) is 42.1 Å². The smallest absolute Gasteiger partial charge is 0.225 e. The quantitative estimate of drug-likeness (QED) is 0.544. The van der Waals surface area contributed by atoms with Gasteiger partial charge in [0.25, 0.3) is 0 Å². The molecule has 0 atom stereocenters. The zero-order chi connectivity index (χ0) is 21.8. The molecule has 31 heavy (non-hydrogen) atoms. The monoisotopic (exact) mass is 417 g/mol. The largest absolute Gasteiger partial charge is 0.362 e. The van der Waals surface area contributed by atoms with Gasteiger partial charge in [-0.15, -0.1) is 0 Å². The second-order valence-corrected chi connectivity index (χ2v) is 9.25. The number of hydrogen-bond acceptors (Lipinski definition) is 5. The van der Waals surface area contributed by atoms with Gasteiger partial charge in [0.2, 0.25) is 5.95 Å². The predicted octanol–water partition coefficient (Wildman–Crippen LogP) is 5.33. The fraction of sp³-hybridized carbons (Fsp3) is 0.462. The topological polar surface area (TPSA) is 53.1 Å². The van der Waals surface area contributed by atoms with Crippen LogP contribution in [0.3, 0.4) is 0 Å². The molecule has 0 radical (unpaired) electrons. The summed E-state index contributed by atoms with van der Waals surface area (Å²) in [6.07, 6.45) is 4.63. The van der Waals surface area contributed by atoms with Crippen LogP contribution in [0, 0.1) is 0 Å². The van der Waals surface area contributed by atoms with Crippen LogP contribution in [0.1, 0.15) is 56.6 Å². The number of nitrogens with zero attached hydrogens (tertiary/aromatic N) is 3. The molecule has 2 aromatic carbocycles. The summed E-state index contributed by atoms with van der Waals surface area (Å²) < 4.78 is 0. The second kappa shape index (κ2) is 9.65. The average molecular weight is 418 g/mol. The molecular formula is C26H35N5. The first kappa shape index (κ1) is 21.6. The molecule has 164 valence electrons. The van der Waals surface area contributed by atoms with Gasteiger partial charge in [0.1, 0.15) is 5.82 Å². The van der Waals surface area contributed by atoms with Crippen LogP contribution in [-0.4, -0.2) is 36.1 Å². The summed E-state index contributed by atoms with van der Waals surface area (Å²) in [5.41, 5.74) is 3.76. The van der Waals surface area contributed by atoms with Gasteiger partial charge in [0.05, 0.1) is 5.52 Å². The minimum atomic E-state index is 0.430. The van der Waals surface area contributed by atoms with Crippen molar-refractivity contribution in [2.75, 3.05) is 24.3 Å². The molecule has 0 amide bonds. The molecule has 1 fully saturated rings. The summed E-state index contributed by atoms with van der Waals surface area (Å²) >= 11 is 0. The van der Waals surface area contributed by atoms with Gasteiger partial charge < -0.3 is 15.5 Å². The van der Waals surface area contributed by atoms with Crippen LogP contribution in [0.2, 0.25) is 0 Å². The van der Waals surface area contributed by atoms with Gasteiger partial charge in [-0.2, -0.15) is 4.98 Å². The number of nitrogens with one attached hydrogen (secondary N) is 2. The van der Waals surface area contributed by atoms with Gasteiger partial charge in [0.15, 0.2) is 0 Å². The molecule has 5 heteroatoms. The molecule has 1 saturated carbocycles. The molecular weight excluding hydrogens is 382 g/mol. The Bertz CT molecular complexity index is 988. The van der Waals surface area contributed by atoms with Gasteiger partial charge in [-0.3, -0.25) is 0 Å². The Balaban J connectivity index is 1.31. The molecule has 0 spiro atoms. The molecule has 1 aliphatic carbocycles. The van der Waals surface area contributed by atoms with E-state index in [-0.39, 0.29) is 0 Å². The van der Waals surface area contributed by atoms with E-state index in [1.165, 1.54) is 24.0 Å². The van der Waals surface area contributed by atoms with E-state index in [1.807, 2.05) is 26.2 Å². The summed E-state index contributed by atoms with van der Waals surface area (Å²) in [4.78, 5) is 11.6. The zero-order valence-electron chi connectivity index (χ0n) is 19.2. The molecule has 4 rings (SSSR count). The van der Waals surface area contributed by atoms with Crippen molar-refractivity contribution in [1.82, 2.24) is 15.3 Å². The lowest BCUT2D eigenvalue weighted by molar-refractivity contribution is 0.352. The first-order valence-corrected chi connectivity index (χ1v) is 11.5. The molecule has 1 heterocycles. The maximum atomic E-state index is 4.80. The highest BCUT2D eigenvalue weighted by molar-refractivity contribution is 5.90. The fourth-order valence-corrected chi connectivity index (χ4v) is 4.37. The maximum absolute atomic E-state index is 4.80. The van der Waals surface area contributed by atoms with Crippen molar-refractivity contribution in [3.8, 4) is 0 Å². The molecule has 0 unspecified atom stereocenters. The van der Waals surface area contributed by atoms with Crippen LogP contribution in [0.15, 0.2) is 48.5 Å². The van der Waals surface area contributed by atoms with Crippen molar-refractivity contribution in [2.24, 2.45) is 0 Å². The zero-order valence-corrected chi connectivity index (χ0v) is 19.2. The third-order valence-electron chi connectivity index (χ3n) is 6.31. The highest BCUT2D eigenvalue weighted by Gasteiger charge is 2.22. The van der Waals surface area contributed by atoms with Crippen molar-refractivity contribution in [3.05, 3.63) is 59.7 Å². The number of anilines is 2. The Morgan fingerprint density at radius 3 is 2.26 bits per heavy atom. The van der Waals surface area contributed by atoms with Crippen LogP contribution >= 0.6 is 0 Å². The molecule has 0 aliphatic heterocycles. The van der Waals surface area contributed by atoms with Crippen LogP contribution in [0.25, 0.3) is 10.9 Å². The fourth-order valence-electron chi connectivity index (χ4n) is 4.37. The first-order chi connectivity index (χ1) is 15.0. The lowest BCUT2D eigenvalue weighted by atomic mass is 9.91. The van der Waals surface area contributed by atoms with Crippen LogP contribution in [-0.2, 0) is 6.54 Å². The van der Waals surface area contributed by atoms with Gasteiger partial charge >= 0.3 is 0 Å². The summed E-state index contributed by atoms with van der Waals surface area (Å²) in [6, 6.07) is 18.3. The Kier molecular flexibility index (Phi) is 6.71. The van der Waals surface area contributed by atoms with E-state index < -0.39 is 0 Å². The standard InChI is InChI=1S/C26H35N5/c1-18(2)20-11-9-19(10-12-20)17-27-21-13-15-22(16-14-21)28-26-29-24-8-6-5-7-23(24)25(30-26)31(3)4/h5-12,18,21-22,27H,13-17H2,1-4H3,(H,28,29,30). The number of rotatable bonds is 7. The maximum Gasteiger partial charge on any atom is 0.225 e. The lowest BCUT2D eigenvalue weighted by Crippen LogP contribution is -2.37. The van der Waals surface area contributed by atoms with Crippen LogP contribution in [0.4, 0.5) is 11.8 Å². The SMILES string of the molecule is CC(C)c1ccc(CNC2CCC(Nc3nc(N(C)C)c4ccccc4n3)CC2)cc1. The number of hydrogen-bond donors (Lipinski definition) is 2. The second-order valence-electron chi connectivity index (χ2n) is 9.25. The Labute approximate surface area is 186 Å². The molecule has 2 N–H and O–H groups in total. The highest BCUT2D eigenvalue weighted by atomic mass is 15.2. The van der Waals surface area contributed by atoms with E-state index in [0.29, 0.717) is 18.0 Å². The molecule has 0 saturated heterocycles. The summed E-state index contributed by atoms with van der Waals surface area (Å²) in [7, 11) is 4.07. The van der Waals surface area contributed by atoms with Crippen molar-refractivity contribution >= 4 is 22.7 Å². The number of fused-ring (bicyclic) bond motifs is 1. The molecule has 1 aliphatic rings. The minimum absolute atomic E-state index is 0.430. The summed E-state index contributed by atoms with van der Waals surface area (Å²) in [5.74, 6) is 2.29. The van der Waals surface area contributed by atoms with Gasteiger partial charge in [0, 0.05) is 38.1 Å². The van der Waals surface area contributed by atoms with Crippen LogP contribution < -0.4 is 15.5 Å². The van der Waals surface area contributed by atoms with Crippen molar-refractivity contribution in [3.63, 3.8) is 0 Å². The normalized spacial score (nSPS) is 19.0. The minimum Gasteiger partial charge on any atom is -0.362 e. The third kappa shape index (κ3) is 5.34. The summed E-state index contributed by atoms with van der Waals surface area (Å²) in [5, 5.41) is 8.45. The average Bonchev–Trinajstić information content (AvgIpc) is 2.78. The van der Waals surface area contributed by atoms with Gasteiger partial charge in [-0.05, 0) is 54.9 Å². The highest BCUT2D eigenvalue weighted by Crippen LogP contribution is 2.26. The van der Waals surface area contributed by atoms with E-state index in [4.69, 9.17) is 9.97 Å². The van der Waals surface area contributed by atoms with E-state index in [1.54, 1.807) is 0 Å². The van der Waals surface area contributed by atoms with Crippen molar-refractivity contribution < 1.29 is 0 Å². The van der Waals surface area contributed by atoms with E-state index >= 15 is 0 Å². The molecule has 1 aromatic heterocycles. The lowest BCUT2D eigenvalue weighted by Gasteiger charge is -2.30. The van der Waals surface area contributed by atoms with Crippen molar-refractivity contribution in [1.29, 1.82) is 0 Å². The Morgan fingerprint density at radius 2 is 1.58 bits per heavy atom. The molecule has 5 nitrogen and oxygen atoms in total. The Morgan fingerprint density at radius 1 is 0.903 bits per heavy atom. The van der Waals surface area contributed by atoms with Crippen LogP contribution in [0.5, 0.6) is 0 Å². The summed E-state index contributed by atoms with van der Waals surface area (Å²) in [6.45, 7) is 5.43. The Hall–Kier alpha value is -2.66. The first-order valence-electron chi connectivity index (χ1n) is 11.5. The molecule has 3 aromatic rings.